The molecule has 3 rings (SSSR count). The van der Waals surface area contributed by atoms with Crippen LogP contribution in [-0.2, 0) is 9.59 Å². The maximum absolute atomic E-state index is 12.8. The molecule has 1 atom stereocenters. The molecular formula is C21H21ClN2O4S. The highest BCUT2D eigenvalue weighted by atomic mass is 35.5. The highest BCUT2D eigenvalue weighted by molar-refractivity contribution is 8.18. The van der Waals surface area contributed by atoms with Gasteiger partial charge in [0.05, 0.1) is 4.91 Å². The van der Waals surface area contributed by atoms with E-state index in [-0.39, 0.29) is 30.0 Å². The molecule has 2 aliphatic rings. The number of terminal acetylenes is 1. The van der Waals surface area contributed by atoms with Gasteiger partial charge in [-0.1, -0.05) is 17.5 Å². The Hall–Kier alpha value is -2.43. The van der Waals surface area contributed by atoms with Gasteiger partial charge in [-0.2, -0.15) is 0 Å². The summed E-state index contributed by atoms with van der Waals surface area (Å²) in [5.41, 5.74) is 0.536. The van der Waals surface area contributed by atoms with Gasteiger partial charge in [0, 0.05) is 23.2 Å². The molecule has 2 saturated heterocycles. The number of halogens is 1. The average Bonchev–Trinajstić information content (AvgIpc) is 2.95. The Morgan fingerprint density at radius 1 is 1.41 bits per heavy atom. The molecule has 0 aliphatic carbocycles. The van der Waals surface area contributed by atoms with E-state index in [0.717, 1.165) is 35.9 Å². The van der Waals surface area contributed by atoms with Crippen LogP contribution in [0.3, 0.4) is 0 Å². The van der Waals surface area contributed by atoms with Gasteiger partial charge in [0.2, 0.25) is 5.91 Å². The predicted octanol–water partition coefficient (Wildman–Crippen LogP) is 3.79. The van der Waals surface area contributed by atoms with Gasteiger partial charge in [0.15, 0.2) is 0 Å². The summed E-state index contributed by atoms with van der Waals surface area (Å²) in [5.74, 6) is 2.13. The Labute approximate surface area is 179 Å². The molecule has 0 saturated carbocycles. The number of carbonyl (C=O) groups excluding carboxylic acids is 3. The number of likely N-dealkylation sites (tertiary alicyclic amines) is 1. The minimum Gasteiger partial charge on any atom is -0.480 e. The van der Waals surface area contributed by atoms with Gasteiger partial charge in [-0.05, 0) is 62.2 Å². The van der Waals surface area contributed by atoms with Crippen LogP contribution in [0.4, 0.5) is 4.79 Å². The van der Waals surface area contributed by atoms with Gasteiger partial charge in [-0.3, -0.25) is 19.3 Å². The van der Waals surface area contributed by atoms with Crippen molar-refractivity contribution in [3.63, 3.8) is 0 Å². The number of piperidine rings is 1. The second-order valence-corrected chi connectivity index (χ2v) is 8.30. The quantitative estimate of drug-likeness (QED) is 0.523. The number of imide groups is 1. The summed E-state index contributed by atoms with van der Waals surface area (Å²) in [6.45, 7) is 2.46. The van der Waals surface area contributed by atoms with Crippen LogP contribution in [0, 0.1) is 12.3 Å². The molecule has 0 N–H and O–H groups in total. The minimum atomic E-state index is -0.499. The summed E-state index contributed by atoms with van der Waals surface area (Å²) in [5, 5.41) is -0.00909. The predicted molar refractivity (Wildman–Crippen MR) is 113 cm³/mol. The van der Waals surface area contributed by atoms with Crippen LogP contribution < -0.4 is 4.74 Å². The molecule has 1 aromatic carbocycles. The number of nitrogens with zero attached hydrogens (tertiary/aromatic N) is 2. The molecular weight excluding hydrogens is 412 g/mol. The van der Waals surface area contributed by atoms with Crippen LogP contribution in [0.2, 0.25) is 5.02 Å². The molecule has 6 nitrogen and oxygen atoms in total. The van der Waals surface area contributed by atoms with Crippen molar-refractivity contribution >= 4 is 46.5 Å². The van der Waals surface area contributed by atoms with Crippen molar-refractivity contribution in [3.05, 3.63) is 33.7 Å². The van der Waals surface area contributed by atoms with E-state index in [1.54, 1.807) is 23.1 Å². The van der Waals surface area contributed by atoms with Crippen molar-refractivity contribution in [2.45, 2.75) is 32.2 Å². The molecule has 0 aromatic heterocycles. The zero-order valence-corrected chi connectivity index (χ0v) is 17.6. The Balaban J connectivity index is 1.77. The largest absolute Gasteiger partial charge is 0.480 e. The van der Waals surface area contributed by atoms with Crippen molar-refractivity contribution in [1.82, 2.24) is 9.80 Å². The summed E-state index contributed by atoms with van der Waals surface area (Å²) in [7, 11) is 0. The number of rotatable bonds is 5. The lowest BCUT2D eigenvalue weighted by Gasteiger charge is -2.34. The van der Waals surface area contributed by atoms with Crippen molar-refractivity contribution in [1.29, 1.82) is 0 Å². The van der Waals surface area contributed by atoms with Gasteiger partial charge in [0.1, 0.15) is 18.9 Å². The molecule has 2 aliphatic heterocycles. The first-order chi connectivity index (χ1) is 13.9. The van der Waals surface area contributed by atoms with Crippen molar-refractivity contribution in [2.24, 2.45) is 0 Å². The maximum atomic E-state index is 12.8. The van der Waals surface area contributed by atoms with Crippen LogP contribution in [0.15, 0.2) is 23.1 Å². The molecule has 0 bridgehead atoms. The van der Waals surface area contributed by atoms with Gasteiger partial charge in [-0.25, -0.2) is 0 Å². The summed E-state index contributed by atoms with van der Waals surface area (Å²) >= 11 is 6.85. The normalized spacial score (nSPS) is 20.9. The number of hydrogen-bond acceptors (Lipinski definition) is 5. The highest BCUT2D eigenvalue weighted by Gasteiger charge is 2.38. The molecule has 0 radical (unpaired) electrons. The van der Waals surface area contributed by atoms with Crippen LogP contribution in [-0.4, -0.2) is 52.6 Å². The van der Waals surface area contributed by atoms with Crippen molar-refractivity contribution < 1.29 is 19.1 Å². The first kappa shape index (κ1) is 21.3. The zero-order chi connectivity index (χ0) is 21.0. The first-order valence-corrected chi connectivity index (χ1v) is 10.5. The molecule has 2 heterocycles. The molecule has 29 heavy (non-hydrogen) atoms. The first-order valence-electron chi connectivity index (χ1n) is 9.31. The highest BCUT2D eigenvalue weighted by Crippen LogP contribution is 2.35. The number of carbonyl (C=O) groups is 3. The van der Waals surface area contributed by atoms with E-state index in [1.807, 2.05) is 6.92 Å². The van der Waals surface area contributed by atoms with E-state index < -0.39 is 11.1 Å². The van der Waals surface area contributed by atoms with E-state index in [1.165, 1.54) is 6.08 Å². The Morgan fingerprint density at radius 3 is 2.93 bits per heavy atom. The lowest BCUT2D eigenvalue weighted by atomic mass is 10.0. The van der Waals surface area contributed by atoms with Crippen LogP contribution in [0.1, 0.15) is 31.7 Å². The number of amides is 3. The fourth-order valence-corrected chi connectivity index (χ4v) is 4.36. The van der Waals surface area contributed by atoms with Crippen LogP contribution in [0.5, 0.6) is 5.75 Å². The Morgan fingerprint density at radius 2 is 2.21 bits per heavy atom. The maximum Gasteiger partial charge on any atom is 0.294 e. The Kier molecular flexibility index (Phi) is 6.88. The van der Waals surface area contributed by atoms with Gasteiger partial charge < -0.3 is 9.64 Å². The second kappa shape index (κ2) is 9.38. The van der Waals surface area contributed by atoms with Crippen molar-refractivity contribution in [3.8, 4) is 18.1 Å². The fraction of sp³-hybridized carbons (Fsp3) is 0.381. The van der Waals surface area contributed by atoms with E-state index in [9.17, 15) is 14.4 Å². The van der Waals surface area contributed by atoms with E-state index in [0.29, 0.717) is 22.9 Å². The van der Waals surface area contributed by atoms with E-state index in [4.69, 9.17) is 22.8 Å². The fourth-order valence-electron chi connectivity index (χ4n) is 3.36. The third-order valence-electron chi connectivity index (χ3n) is 4.86. The summed E-state index contributed by atoms with van der Waals surface area (Å²) in [6, 6.07) is 5.04. The summed E-state index contributed by atoms with van der Waals surface area (Å²) in [4.78, 5) is 40.7. The lowest BCUT2D eigenvalue weighted by Crippen LogP contribution is -2.47. The average molecular weight is 433 g/mol. The van der Waals surface area contributed by atoms with E-state index in [2.05, 4.69) is 5.92 Å². The van der Waals surface area contributed by atoms with Gasteiger partial charge in [-0.15, -0.1) is 6.42 Å². The molecule has 3 amide bonds. The van der Waals surface area contributed by atoms with Crippen LogP contribution in [0.25, 0.3) is 6.08 Å². The third-order valence-corrected chi connectivity index (χ3v) is 6.00. The zero-order valence-electron chi connectivity index (χ0n) is 16.0. The number of benzene rings is 1. The van der Waals surface area contributed by atoms with Crippen molar-refractivity contribution in [2.75, 3.05) is 19.7 Å². The SMILES string of the molecule is C#CCOc1ccc(Cl)cc1/C=C1\SC(=O)N(CC(=O)N2CCCC[C@H]2C)C1=O. The minimum absolute atomic E-state index is 0.0620. The monoisotopic (exact) mass is 432 g/mol. The van der Waals surface area contributed by atoms with Crippen LogP contribution >= 0.6 is 23.4 Å². The molecule has 0 unspecified atom stereocenters. The summed E-state index contributed by atoms with van der Waals surface area (Å²) in [6.07, 6.45) is 9.73. The smallest absolute Gasteiger partial charge is 0.294 e. The number of thioether (sulfide) groups is 1. The summed E-state index contributed by atoms with van der Waals surface area (Å²) < 4.78 is 5.48. The molecule has 8 heteroatoms. The molecule has 1 aromatic rings. The Bertz CT molecular complexity index is 908. The molecule has 0 spiro atoms. The molecule has 2 fully saturated rings. The second-order valence-electron chi connectivity index (χ2n) is 6.87. The molecule has 152 valence electrons. The third kappa shape index (κ3) is 4.95. The lowest BCUT2D eigenvalue weighted by molar-refractivity contribution is -0.138. The van der Waals surface area contributed by atoms with E-state index >= 15 is 0 Å². The van der Waals surface area contributed by atoms with Gasteiger partial charge in [0.25, 0.3) is 11.1 Å². The number of hydrogen-bond donors (Lipinski definition) is 0. The standard InChI is InChI=1S/C21H21ClN2O4S/c1-3-10-28-17-8-7-16(22)11-15(17)12-18-20(26)24(21(27)29-18)13-19(25)23-9-5-4-6-14(23)2/h1,7-8,11-12,14H,4-6,9-10,13H2,2H3/b18-12-/t14-/m1/s1. The van der Waals surface area contributed by atoms with Gasteiger partial charge >= 0.3 is 0 Å². The topological polar surface area (TPSA) is 66.9 Å². The number of ether oxygens (including phenoxy) is 1.